The lowest BCUT2D eigenvalue weighted by molar-refractivity contribution is 0.744. The van der Waals surface area contributed by atoms with Crippen LogP contribution < -0.4 is 11.0 Å². The predicted molar refractivity (Wildman–Crippen MR) is 83.4 cm³/mol. The van der Waals surface area contributed by atoms with Crippen molar-refractivity contribution in [2.24, 2.45) is 0 Å². The Bertz CT molecular complexity index is 612. The van der Waals surface area contributed by atoms with E-state index in [4.69, 9.17) is 5.73 Å². The minimum Gasteiger partial charge on any atom is -0.398 e. The molecule has 0 saturated carbocycles. The van der Waals surface area contributed by atoms with E-state index in [1.165, 1.54) is 5.56 Å². The minimum absolute atomic E-state index is 0.290. The summed E-state index contributed by atoms with van der Waals surface area (Å²) in [5.41, 5.74) is 9.75. The summed E-state index contributed by atoms with van der Waals surface area (Å²) in [5, 5.41) is 3.21. The smallest absolute Gasteiger partial charge is 0.182 e. The van der Waals surface area contributed by atoms with Crippen molar-refractivity contribution in [2.75, 3.05) is 5.73 Å². The highest BCUT2D eigenvalue weighted by Gasteiger charge is 2.04. The molecule has 1 atom stereocenters. The van der Waals surface area contributed by atoms with Crippen LogP contribution >= 0.6 is 0 Å². The molecule has 2 nitrogen and oxygen atoms in total. The highest BCUT2D eigenvalue weighted by molar-refractivity contribution is 6.04. The molecule has 0 radical (unpaired) electrons. The summed E-state index contributed by atoms with van der Waals surface area (Å²) >= 11 is 0. The minimum atomic E-state index is 0.290. The second-order valence-corrected chi connectivity index (χ2v) is 4.47. The fourth-order valence-electron chi connectivity index (χ4n) is 1.78. The van der Waals surface area contributed by atoms with Crippen LogP contribution in [0.25, 0.3) is 0 Å². The van der Waals surface area contributed by atoms with Gasteiger partial charge in [-0.05, 0) is 36.8 Å². The van der Waals surface area contributed by atoms with Crippen LogP contribution in [0, 0.1) is 11.8 Å². The zero-order valence-electron chi connectivity index (χ0n) is 11.3. The Kier molecular flexibility index (Phi) is 4.28. The number of rotatable bonds is 2. The van der Waals surface area contributed by atoms with Crippen LogP contribution in [-0.4, -0.2) is 7.98 Å². The second-order valence-electron chi connectivity index (χ2n) is 4.47. The summed E-state index contributed by atoms with van der Waals surface area (Å²) < 4.78 is 0. The van der Waals surface area contributed by atoms with Gasteiger partial charge in [-0.15, -0.1) is 0 Å². The molecule has 0 unspecified atom stereocenters. The van der Waals surface area contributed by atoms with Crippen LogP contribution in [0.4, 0.5) is 5.69 Å². The Labute approximate surface area is 115 Å². The van der Waals surface area contributed by atoms with Crippen molar-refractivity contribution in [3.8, 4) is 11.8 Å². The maximum atomic E-state index is 5.97. The van der Waals surface area contributed by atoms with Gasteiger partial charge in [-0.2, -0.15) is 0 Å². The van der Waals surface area contributed by atoms with Crippen molar-refractivity contribution in [3.63, 3.8) is 0 Å². The summed E-state index contributed by atoms with van der Waals surface area (Å²) in [6, 6.07) is 16.2. The fraction of sp³-hybridized carbons (Fsp3) is 0.125. The lowest BCUT2D eigenvalue weighted by Gasteiger charge is -2.11. The van der Waals surface area contributed by atoms with Gasteiger partial charge < -0.3 is 11.0 Å². The van der Waals surface area contributed by atoms with Gasteiger partial charge in [0.1, 0.15) is 0 Å². The monoisotopic (exact) mass is 248 g/mol. The first kappa shape index (κ1) is 13.3. The molecule has 0 heterocycles. The van der Waals surface area contributed by atoms with Crippen molar-refractivity contribution in [2.45, 2.75) is 13.0 Å². The van der Waals surface area contributed by atoms with Gasteiger partial charge >= 0.3 is 0 Å². The third kappa shape index (κ3) is 3.40. The molecule has 2 aromatic rings. The van der Waals surface area contributed by atoms with Gasteiger partial charge in [0.25, 0.3) is 0 Å². The lowest BCUT2D eigenvalue weighted by atomic mass is 10.0. The van der Waals surface area contributed by atoms with Crippen LogP contribution in [0.5, 0.6) is 0 Å². The Morgan fingerprint density at radius 2 is 1.84 bits per heavy atom. The average molecular weight is 248 g/mol. The molecule has 2 aromatic carbocycles. The van der Waals surface area contributed by atoms with E-state index >= 15 is 0 Å². The first-order valence-electron chi connectivity index (χ1n) is 6.34. The van der Waals surface area contributed by atoms with Gasteiger partial charge in [-0.3, -0.25) is 0 Å². The molecule has 0 bridgehead atoms. The normalized spacial score (nSPS) is 11.4. The zero-order valence-corrected chi connectivity index (χ0v) is 11.3. The molecular weight excluding hydrogens is 231 g/mol. The number of nitrogens with two attached hydrogens (primary N) is 1. The Hall–Kier alpha value is -2.18. The van der Waals surface area contributed by atoms with Crippen molar-refractivity contribution in [3.05, 3.63) is 65.2 Å². The van der Waals surface area contributed by atoms with Gasteiger partial charge in [-0.1, -0.05) is 36.1 Å². The summed E-state index contributed by atoms with van der Waals surface area (Å²) in [4.78, 5) is 0. The molecule has 0 aromatic heterocycles. The van der Waals surface area contributed by atoms with Crippen LogP contribution in [0.2, 0.25) is 0 Å². The first-order valence-corrected chi connectivity index (χ1v) is 6.34. The summed E-state index contributed by atoms with van der Waals surface area (Å²) in [7, 11) is 1.94. The quantitative estimate of drug-likeness (QED) is 0.483. The van der Waals surface area contributed by atoms with Gasteiger partial charge in [0.05, 0.1) is 0 Å². The number of nitrogen functional groups attached to an aromatic ring is 1. The molecule has 0 spiro atoms. The third-order valence-corrected chi connectivity index (χ3v) is 3.13. The SMILES string of the molecule is BN[C@H](C)c1ccc(N)c(C#Cc2ccccc2)c1. The zero-order chi connectivity index (χ0) is 13.7. The molecule has 2 rings (SSSR count). The molecule has 0 saturated heterocycles. The third-order valence-electron chi connectivity index (χ3n) is 3.13. The molecule has 0 fully saturated rings. The Balaban J connectivity index is 2.32. The number of anilines is 1. The molecular formula is C16H17BN2. The highest BCUT2D eigenvalue weighted by atomic mass is 14.8. The summed E-state index contributed by atoms with van der Waals surface area (Å²) in [5.74, 6) is 6.28. The summed E-state index contributed by atoms with van der Waals surface area (Å²) in [6.45, 7) is 2.11. The van der Waals surface area contributed by atoms with Gasteiger partial charge in [0.2, 0.25) is 0 Å². The standard InChI is InChI=1S/C16H17BN2/c1-12(19-17)14-9-10-16(18)15(11-14)8-7-13-5-3-2-4-6-13/h2-6,9-12,19H,17-18H2,1H3/t12-/m1/s1. The molecule has 0 aliphatic heterocycles. The fourth-order valence-corrected chi connectivity index (χ4v) is 1.78. The maximum Gasteiger partial charge on any atom is 0.182 e. The number of nitrogens with one attached hydrogen (secondary N) is 1. The first-order chi connectivity index (χ1) is 9.20. The van der Waals surface area contributed by atoms with E-state index in [0.29, 0.717) is 0 Å². The van der Waals surface area contributed by atoms with Gasteiger partial charge in [0, 0.05) is 22.9 Å². The van der Waals surface area contributed by atoms with Crippen molar-refractivity contribution in [1.82, 2.24) is 5.23 Å². The Morgan fingerprint density at radius 1 is 1.11 bits per heavy atom. The maximum absolute atomic E-state index is 5.97. The van der Waals surface area contributed by atoms with Gasteiger partial charge in [0.15, 0.2) is 7.98 Å². The lowest BCUT2D eigenvalue weighted by Crippen LogP contribution is -2.14. The van der Waals surface area contributed by atoms with Gasteiger partial charge in [-0.25, -0.2) is 0 Å². The van der Waals surface area contributed by atoms with Crippen LogP contribution in [0.3, 0.4) is 0 Å². The Morgan fingerprint density at radius 3 is 2.53 bits per heavy atom. The van der Waals surface area contributed by atoms with Crippen LogP contribution in [0.15, 0.2) is 48.5 Å². The van der Waals surface area contributed by atoms with Crippen LogP contribution in [-0.2, 0) is 0 Å². The summed E-state index contributed by atoms with van der Waals surface area (Å²) in [6.07, 6.45) is 0. The van der Waals surface area contributed by atoms with E-state index in [1.807, 2.05) is 56.5 Å². The largest absolute Gasteiger partial charge is 0.398 e. The molecule has 19 heavy (non-hydrogen) atoms. The van der Waals surface area contributed by atoms with E-state index in [1.54, 1.807) is 0 Å². The number of hydrogen-bond donors (Lipinski definition) is 2. The molecule has 3 N–H and O–H groups in total. The second kappa shape index (κ2) is 6.13. The molecule has 0 amide bonds. The topological polar surface area (TPSA) is 38.0 Å². The van der Waals surface area contributed by atoms with E-state index in [-0.39, 0.29) is 6.04 Å². The van der Waals surface area contributed by atoms with E-state index in [0.717, 1.165) is 16.8 Å². The molecule has 0 aliphatic carbocycles. The van der Waals surface area contributed by atoms with Crippen molar-refractivity contribution in [1.29, 1.82) is 0 Å². The van der Waals surface area contributed by atoms with E-state index in [9.17, 15) is 0 Å². The molecule has 0 aliphatic rings. The van der Waals surface area contributed by atoms with Crippen molar-refractivity contribution >= 4 is 13.7 Å². The average Bonchev–Trinajstić information content (AvgIpc) is 2.46. The molecule has 94 valence electrons. The molecule has 3 heteroatoms. The van der Waals surface area contributed by atoms with Crippen LogP contribution in [0.1, 0.15) is 29.7 Å². The van der Waals surface area contributed by atoms with Crippen molar-refractivity contribution < 1.29 is 0 Å². The highest BCUT2D eigenvalue weighted by Crippen LogP contribution is 2.18. The van der Waals surface area contributed by atoms with E-state index in [2.05, 4.69) is 24.0 Å². The van der Waals surface area contributed by atoms with E-state index < -0.39 is 0 Å². The number of benzene rings is 2. The number of hydrogen-bond acceptors (Lipinski definition) is 2. The predicted octanol–water partition coefficient (Wildman–Crippen LogP) is 1.87.